The number of hydrogen-bond donors (Lipinski definition) is 1. The van der Waals surface area contributed by atoms with E-state index in [9.17, 15) is 5.11 Å². The molecule has 0 saturated carbocycles. The summed E-state index contributed by atoms with van der Waals surface area (Å²) in [6.45, 7) is 13.8. The summed E-state index contributed by atoms with van der Waals surface area (Å²) in [5, 5.41) is 10.1. The molecule has 0 amide bonds. The molecule has 1 unspecified atom stereocenters. The Morgan fingerprint density at radius 1 is 0.917 bits per heavy atom. The zero-order valence-corrected chi connectivity index (χ0v) is 18.2. The van der Waals surface area contributed by atoms with Crippen LogP contribution < -0.4 is 0 Å². The summed E-state index contributed by atoms with van der Waals surface area (Å²) in [7, 11) is -1.71. The monoisotopic (exact) mass is 354 g/mol. The first-order chi connectivity index (χ1) is 11.2. The average Bonchev–Trinajstić information content (AvgIpc) is 2.49. The van der Waals surface area contributed by atoms with Gasteiger partial charge in [-0.2, -0.15) is 0 Å². The van der Waals surface area contributed by atoms with Crippen molar-refractivity contribution in [1.82, 2.24) is 0 Å². The Labute approximate surface area is 152 Å². The Balaban J connectivity index is 3.65. The fraction of sp³-hybridized carbons (Fsp3) is 0.905. The molecule has 0 aromatic carbocycles. The van der Waals surface area contributed by atoms with Gasteiger partial charge in [0, 0.05) is 0 Å². The van der Waals surface area contributed by atoms with Gasteiger partial charge in [-0.3, -0.25) is 0 Å². The Bertz CT molecular complexity index is 360. The molecule has 0 spiro atoms. The summed E-state index contributed by atoms with van der Waals surface area (Å²) < 4.78 is 6.00. The van der Waals surface area contributed by atoms with Crippen molar-refractivity contribution in [2.45, 2.75) is 116 Å². The molecule has 0 rings (SSSR count). The minimum Gasteiger partial charge on any atom is -0.406 e. The molecule has 1 N–H and O–H groups in total. The van der Waals surface area contributed by atoms with E-state index in [0.29, 0.717) is 6.61 Å². The lowest BCUT2D eigenvalue weighted by Crippen LogP contribution is -2.40. The van der Waals surface area contributed by atoms with Crippen LogP contribution in [0.25, 0.3) is 0 Å². The van der Waals surface area contributed by atoms with E-state index in [1.807, 2.05) is 0 Å². The van der Waals surface area contributed by atoms with Crippen molar-refractivity contribution in [2.24, 2.45) is 0 Å². The van der Waals surface area contributed by atoms with Gasteiger partial charge in [-0.05, 0) is 31.0 Å². The zero-order chi connectivity index (χ0) is 18.5. The van der Waals surface area contributed by atoms with Crippen LogP contribution in [0.5, 0.6) is 0 Å². The first kappa shape index (κ1) is 23.7. The number of hydrogen-bond acceptors (Lipinski definition) is 2. The van der Waals surface area contributed by atoms with Crippen LogP contribution in [0.3, 0.4) is 0 Å². The van der Waals surface area contributed by atoms with Gasteiger partial charge < -0.3 is 9.53 Å². The molecule has 0 radical (unpaired) electrons. The summed E-state index contributed by atoms with van der Waals surface area (Å²) in [6, 6.07) is 0. The van der Waals surface area contributed by atoms with Crippen molar-refractivity contribution in [3.8, 4) is 11.8 Å². The molecular formula is C21H42O2Si. The van der Waals surface area contributed by atoms with Crippen LogP contribution in [0.4, 0.5) is 0 Å². The van der Waals surface area contributed by atoms with E-state index in [4.69, 9.17) is 4.43 Å². The number of aliphatic hydroxyl groups excluding tert-OH is 1. The van der Waals surface area contributed by atoms with Crippen molar-refractivity contribution in [1.29, 1.82) is 0 Å². The average molecular weight is 355 g/mol. The highest BCUT2D eigenvalue weighted by molar-refractivity contribution is 6.74. The Kier molecular flexibility index (Phi) is 12.8. The van der Waals surface area contributed by atoms with Crippen LogP contribution in [-0.4, -0.2) is 26.1 Å². The largest absolute Gasteiger partial charge is 0.406 e. The maximum atomic E-state index is 9.92. The second-order valence-electron chi connectivity index (χ2n) is 8.50. The zero-order valence-electron chi connectivity index (χ0n) is 17.2. The van der Waals surface area contributed by atoms with Gasteiger partial charge in [-0.15, -0.1) is 0 Å². The van der Waals surface area contributed by atoms with Gasteiger partial charge in [0.1, 0.15) is 6.10 Å². The second-order valence-corrected chi connectivity index (χ2v) is 13.3. The van der Waals surface area contributed by atoms with Gasteiger partial charge in [0.15, 0.2) is 8.32 Å². The van der Waals surface area contributed by atoms with Crippen molar-refractivity contribution >= 4 is 8.32 Å². The first-order valence-corrected chi connectivity index (χ1v) is 12.9. The molecule has 0 heterocycles. The molecule has 24 heavy (non-hydrogen) atoms. The molecule has 0 saturated heterocycles. The van der Waals surface area contributed by atoms with E-state index in [0.717, 1.165) is 12.8 Å². The van der Waals surface area contributed by atoms with Crippen LogP contribution in [0, 0.1) is 11.8 Å². The highest BCUT2D eigenvalue weighted by atomic mass is 28.4. The maximum absolute atomic E-state index is 9.92. The molecule has 0 fully saturated rings. The summed E-state index contributed by atoms with van der Waals surface area (Å²) in [6.07, 6.45) is 12.1. The van der Waals surface area contributed by atoms with E-state index in [2.05, 4.69) is 52.6 Å². The summed E-state index contributed by atoms with van der Waals surface area (Å²) in [5.74, 6) is 5.94. The Morgan fingerprint density at radius 2 is 1.42 bits per heavy atom. The molecule has 0 aliphatic carbocycles. The van der Waals surface area contributed by atoms with Crippen LogP contribution in [0.1, 0.15) is 91.9 Å². The van der Waals surface area contributed by atoms with Gasteiger partial charge in [-0.25, -0.2) is 0 Å². The van der Waals surface area contributed by atoms with E-state index in [1.165, 1.54) is 51.4 Å². The summed E-state index contributed by atoms with van der Waals surface area (Å²) in [4.78, 5) is 0. The van der Waals surface area contributed by atoms with Crippen LogP contribution >= 0.6 is 0 Å². The quantitative estimate of drug-likeness (QED) is 0.253. The van der Waals surface area contributed by atoms with Gasteiger partial charge in [0.25, 0.3) is 0 Å². The molecule has 142 valence electrons. The first-order valence-electron chi connectivity index (χ1n) is 10.0. The van der Waals surface area contributed by atoms with Crippen LogP contribution in [0.15, 0.2) is 0 Å². The van der Waals surface area contributed by atoms with Gasteiger partial charge in [0.05, 0.1) is 6.61 Å². The Hall–Kier alpha value is -0.303. The Morgan fingerprint density at radius 3 is 1.92 bits per heavy atom. The van der Waals surface area contributed by atoms with Crippen molar-refractivity contribution in [3.63, 3.8) is 0 Å². The van der Waals surface area contributed by atoms with E-state index >= 15 is 0 Å². The van der Waals surface area contributed by atoms with Crippen molar-refractivity contribution in [2.75, 3.05) is 6.61 Å². The lowest BCUT2D eigenvalue weighted by molar-refractivity contribution is 0.216. The van der Waals surface area contributed by atoms with Gasteiger partial charge in [0.2, 0.25) is 0 Å². The number of rotatable bonds is 12. The molecular weight excluding hydrogens is 312 g/mol. The van der Waals surface area contributed by atoms with E-state index < -0.39 is 14.4 Å². The van der Waals surface area contributed by atoms with Crippen LogP contribution in [-0.2, 0) is 4.43 Å². The van der Waals surface area contributed by atoms with Crippen molar-refractivity contribution < 1.29 is 9.53 Å². The van der Waals surface area contributed by atoms with Gasteiger partial charge >= 0.3 is 0 Å². The fourth-order valence-electron chi connectivity index (χ4n) is 2.31. The highest BCUT2D eigenvalue weighted by Gasteiger charge is 2.36. The number of aliphatic hydroxyl groups is 1. The maximum Gasteiger partial charge on any atom is 0.193 e. The third kappa shape index (κ3) is 12.1. The minimum absolute atomic E-state index is 0.212. The molecule has 0 aliphatic rings. The van der Waals surface area contributed by atoms with E-state index in [1.54, 1.807) is 0 Å². The molecule has 2 nitrogen and oxygen atoms in total. The summed E-state index contributed by atoms with van der Waals surface area (Å²) >= 11 is 0. The molecule has 0 aliphatic heterocycles. The predicted octanol–water partition coefficient (Wildman–Crippen LogP) is 6.29. The van der Waals surface area contributed by atoms with Gasteiger partial charge in [-0.1, -0.05) is 90.9 Å². The molecule has 0 bridgehead atoms. The van der Waals surface area contributed by atoms with Crippen LogP contribution in [0.2, 0.25) is 18.1 Å². The topological polar surface area (TPSA) is 29.5 Å². The van der Waals surface area contributed by atoms with Crippen molar-refractivity contribution in [3.05, 3.63) is 0 Å². The minimum atomic E-state index is -1.71. The summed E-state index contributed by atoms with van der Waals surface area (Å²) in [5.41, 5.74) is 0. The molecule has 1 atom stereocenters. The SMILES string of the molecule is CCCCCCCCCCCC(O)C#CCO[Si](C)(C)C(C)(C)C. The fourth-order valence-corrected chi connectivity index (χ4v) is 3.18. The lowest BCUT2D eigenvalue weighted by Gasteiger charge is -2.35. The normalized spacial score (nSPS) is 13.5. The smallest absolute Gasteiger partial charge is 0.193 e. The van der Waals surface area contributed by atoms with E-state index in [-0.39, 0.29) is 5.04 Å². The lowest BCUT2D eigenvalue weighted by atomic mass is 10.1. The third-order valence-electron chi connectivity index (χ3n) is 5.16. The predicted molar refractivity (Wildman–Crippen MR) is 109 cm³/mol. The standard InChI is InChI=1S/C21H42O2Si/c1-7-8-9-10-11-12-13-14-15-17-20(22)18-16-19-23-24(5,6)21(2,3)4/h20,22H,7-15,17,19H2,1-6H3. The molecule has 3 heteroatoms. The molecule has 0 aromatic rings. The number of unbranched alkanes of at least 4 members (excludes halogenated alkanes) is 8. The second kappa shape index (κ2) is 13.0. The third-order valence-corrected chi connectivity index (χ3v) is 9.64. The molecule has 0 aromatic heterocycles. The highest BCUT2D eigenvalue weighted by Crippen LogP contribution is 2.36.